The summed E-state index contributed by atoms with van der Waals surface area (Å²) >= 11 is 0. The number of carbonyl (C=O) groups excluding carboxylic acids is 1. The number of hydrogen-bond donors (Lipinski definition) is 2. The molecule has 6 heteroatoms. The van der Waals surface area contributed by atoms with E-state index in [1.165, 1.54) is 0 Å². The molecule has 0 bridgehead atoms. The largest absolute Gasteiger partial charge is 0.493 e. The van der Waals surface area contributed by atoms with Crippen LogP contribution in [0, 0.1) is 0 Å². The molecule has 1 heterocycles. The number of unbranched alkanes of at least 4 members (excludes halogenated alkanes) is 1. The molecule has 1 amide bonds. The molecule has 0 radical (unpaired) electrons. The second kappa shape index (κ2) is 7.06. The van der Waals surface area contributed by atoms with E-state index < -0.39 is 0 Å². The highest BCUT2D eigenvalue weighted by Gasteiger charge is 2.22. The van der Waals surface area contributed by atoms with Crippen molar-refractivity contribution < 1.29 is 19.0 Å². The molecule has 2 N–H and O–H groups in total. The van der Waals surface area contributed by atoms with E-state index >= 15 is 0 Å². The molecule has 0 unspecified atom stereocenters. The zero-order chi connectivity index (χ0) is 16.1. The van der Waals surface area contributed by atoms with Crippen LogP contribution in [-0.4, -0.2) is 38.8 Å². The Hall–Kier alpha value is -2.37. The quantitative estimate of drug-likeness (QED) is 0.772. The van der Waals surface area contributed by atoms with E-state index in [9.17, 15) is 4.79 Å². The van der Waals surface area contributed by atoms with Crippen LogP contribution in [0.15, 0.2) is 12.3 Å². The molecule has 0 fully saturated rings. The van der Waals surface area contributed by atoms with E-state index in [1.54, 1.807) is 33.6 Å². The van der Waals surface area contributed by atoms with Crippen molar-refractivity contribution in [2.24, 2.45) is 0 Å². The van der Waals surface area contributed by atoms with Gasteiger partial charge in [0.2, 0.25) is 5.75 Å². The molecular formula is C16H22N2O4. The normalized spacial score (nSPS) is 10.5. The lowest BCUT2D eigenvalue weighted by molar-refractivity contribution is 0.0954. The van der Waals surface area contributed by atoms with Crippen molar-refractivity contribution in [2.45, 2.75) is 19.8 Å². The third-order valence-electron chi connectivity index (χ3n) is 3.53. The molecule has 0 aliphatic rings. The van der Waals surface area contributed by atoms with Crippen LogP contribution in [-0.2, 0) is 0 Å². The lowest BCUT2D eigenvalue weighted by atomic mass is 10.1. The summed E-state index contributed by atoms with van der Waals surface area (Å²) in [6.45, 7) is 2.73. The molecule has 6 nitrogen and oxygen atoms in total. The van der Waals surface area contributed by atoms with Crippen molar-refractivity contribution in [3.63, 3.8) is 0 Å². The van der Waals surface area contributed by atoms with Crippen LogP contribution in [0.4, 0.5) is 0 Å². The summed E-state index contributed by atoms with van der Waals surface area (Å²) < 4.78 is 16.1. The number of fused-ring (bicyclic) bond motifs is 1. The number of amides is 1. The van der Waals surface area contributed by atoms with Crippen molar-refractivity contribution >= 4 is 16.8 Å². The van der Waals surface area contributed by atoms with E-state index in [-0.39, 0.29) is 5.91 Å². The minimum Gasteiger partial charge on any atom is -0.493 e. The van der Waals surface area contributed by atoms with E-state index in [4.69, 9.17) is 14.2 Å². The Balaban J connectivity index is 2.51. The lowest BCUT2D eigenvalue weighted by Gasteiger charge is -2.14. The average Bonchev–Trinajstić information content (AvgIpc) is 2.96. The van der Waals surface area contributed by atoms with Gasteiger partial charge in [0.1, 0.15) is 0 Å². The Morgan fingerprint density at radius 1 is 1.18 bits per heavy atom. The van der Waals surface area contributed by atoms with Crippen LogP contribution in [0.2, 0.25) is 0 Å². The number of aromatic amines is 1. The summed E-state index contributed by atoms with van der Waals surface area (Å²) in [6, 6.07) is 1.79. The Morgan fingerprint density at radius 3 is 2.50 bits per heavy atom. The molecule has 2 rings (SSSR count). The second-order valence-corrected chi connectivity index (χ2v) is 4.88. The number of ether oxygens (including phenoxy) is 3. The fraction of sp³-hybridized carbons (Fsp3) is 0.438. The topological polar surface area (TPSA) is 72.6 Å². The fourth-order valence-electron chi connectivity index (χ4n) is 2.41. The minimum atomic E-state index is -0.134. The van der Waals surface area contributed by atoms with Crippen molar-refractivity contribution in [1.82, 2.24) is 10.3 Å². The molecule has 0 saturated carbocycles. The van der Waals surface area contributed by atoms with Crippen LogP contribution >= 0.6 is 0 Å². The van der Waals surface area contributed by atoms with Gasteiger partial charge in [0.25, 0.3) is 5.91 Å². The minimum absolute atomic E-state index is 0.134. The molecule has 0 spiro atoms. The monoisotopic (exact) mass is 306 g/mol. The number of aromatic nitrogens is 1. The Bertz CT molecular complexity index is 664. The molecule has 0 saturated heterocycles. The summed E-state index contributed by atoms with van der Waals surface area (Å²) in [4.78, 5) is 15.4. The summed E-state index contributed by atoms with van der Waals surface area (Å²) in [5, 5.41) is 3.60. The summed E-state index contributed by atoms with van der Waals surface area (Å²) in [5.74, 6) is 1.37. The molecule has 22 heavy (non-hydrogen) atoms. The van der Waals surface area contributed by atoms with Crippen LogP contribution in [0.5, 0.6) is 17.2 Å². The Labute approximate surface area is 129 Å². The highest BCUT2D eigenvalue weighted by Crippen LogP contribution is 2.44. The summed E-state index contributed by atoms with van der Waals surface area (Å²) in [6.07, 6.45) is 3.65. The van der Waals surface area contributed by atoms with Gasteiger partial charge in [0.05, 0.1) is 37.8 Å². The average molecular weight is 306 g/mol. The maximum absolute atomic E-state index is 12.4. The van der Waals surface area contributed by atoms with E-state index in [0.29, 0.717) is 34.7 Å². The zero-order valence-corrected chi connectivity index (χ0v) is 13.4. The van der Waals surface area contributed by atoms with Gasteiger partial charge in [-0.3, -0.25) is 4.79 Å². The molecule has 1 aromatic heterocycles. The number of H-pyrrole nitrogens is 1. The predicted molar refractivity (Wildman–Crippen MR) is 85.2 cm³/mol. The molecule has 0 atom stereocenters. The van der Waals surface area contributed by atoms with E-state index in [0.717, 1.165) is 18.4 Å². The zero-order valence-electron chi connectivity index (χ0n) is 13.4. The molecule has 1 aromatic carbocycles. The smallest absolute Gasteiger partial charge is 0.253 e. The molecule has 2 aromatic rings. The second-order valence-electron chi connectivity index (χ2n) is 4.88. The maximum Gasteiger partial charge on any atom is 0.253 e. The molecular weight excluding hydrogens is 284 g/mol. The highest BCUT2D eigenvalue weighted by molar-refractivity contribution is 6.10. The standard InChI is InChI=1S/C16H22N2O4/c1-5-6-7-17-16(19)10-9-18-11-8-12(20-2)14(21-3)15(22-4)13(10)11/h8-9,18H,5-7H2,1-4H3,(H,17,19). The number of carbonyl (C=O) groups is 1. The highest BCUT2D eigenvalue weighted by atomic mass is 16.5. The van der Waals surface area contributed by atoms with Gasteiger partial charge >= 0.3 is 0 Å². The van der Waals surface area contributed by atoms with Gasteiger partial charge in [-0.1, -0.05) is 13.3 Å². The predicted octanol–water partition coefficient (Wildman–Crippen LogP) is 2.72. The van der Waals surface area contributed by atoms with Gasteiger partial charge in [0.15, 0.2) is 11.5 Å². The first-order valence-electron chi connectivity index (χ1n) is 7.26. The lowest BCUT2D eigenvalue weighted by Crippen LogP contribution is -2.24. The molecule has 0 aliphatic heterocycles. The van der Waals surface area contributed by atoms with Gasteiger partial charge in [-0.2, -0.15) is 0 Å². The summed E-state index contributed by atoms with van der Waals surface area (Å²) in [7, 11) is 4.65. The SMILES string of the molecule is CCCCNC(=O)c1c[nH]c2cc(OC)c(OC)c(OC)c12. The van der Waals surface area contributed by atoms with Crippen molar-refractivity contribution in [3.8, 4) is 17.2 Å². The van der Waals surface area contributed by atoms with Crippen molar-refractivity contribution in [1.29, 1.82) is 0 Å². The Morgan fingerprint density at radius 2 is 1.91 bits per heavy atom. The van der Waals surface area contributed by atoms with Crippen molar-refractivity contribution in [2.75, 3.05) is 27.9 Å². The van der Waals surface area contributed by atoms with Crippen LogP contribution in [0.1, 0.15) is 30.1 Å². The third-order valence-corrected chi connectivity index (χ3v) is 3.53. The van der Waals surface area contributed by atoms with Crippen LogP contribution < -0.4 is 19.5 Å². The van der Waals surface area contributed by atoms with Gasteiger partial charge < -0.3 is 24.5 Å². The third kappa shape index (κ3) is 2.81. The van der Waals surface area contributed by atoms with E-state index in [1.807, 2.05) is 0 Å². The summed E-state index contributed by atoms with van der Waals surface area (Å²) in [5.41, 5.74) is 1.29. The van der Waals surface area contributed by atoms with Crippen LogP contribution in [0.25, 0.3) is 10.9 Å². The first kappa shape index (κ1) is 16.0. The first-order chi connectivity index (χ1) is 10.7. The number of methoxy groups -OCH3 is 3. The van der Waals surface area contributed by atoms with Gasteiger partial charge in [-0.25, -0.2) is 0 Å². The van der Waals surface area contributed by atoms with Gasteiger partial charge in [-0.05, 0) is 6.42 Å². The molecule has 0 aliphatic carbocycles. The Kier molecular flexibility index (Phi) is 5.14. The van der Waals surface area contributed by atoms with Crippen LogP contribution in [0.3, 0.4) is 0 Å². The first-order valence-corrected chi connectivity index (χ1v) is 7.26. The molecule has 120 valence electrons. The van der Waals surface area contributed by atoms with Crippen molar-refractivity contribution in [3.05, 3.63) is 17.8 Å². The van der Waals surface area contributed by atoms with Gasteiger partial charge in [0, 0.05) is 18.8 Å². The number of hydrogen-bond acceptors (Lipinski definition) is 4. The number of nitrogens with one attached hydrogen (secondary N) is 2. The number of rotatable bonds is 7. The fourth-order valence-corrected chi connectivity index (χ4v) is 2.41. The maximum atomic E-state index is 12.4. The van der Waals surface area contributed by atoms with E-state index in [2.05, 4.69) is 17.2 Å². The van der Waals surface area contributed by atoms with Gasteiger partial charge in [-0.15, -0.1) is 0 Å². The number of benzene rings is 1.